The predicted molar refractivity (Wildman–Crippen MR) is 113 cm³/mol. The van der Waals surface area contributed by atoms with Crippen molar-refractivity contribution in [1.29, 1.82) is 0 Å². The number of carbonyl (C=O) groups excluding carboxylic acids is 1. The third kappa shape index (κ3) is 4.78. The normalized spacial score (nSPS) is 20.9. The van der Waals surface area contributed by atoms with Crippen molar-refractivity contribution in [2.45, 2.75) is 69.9 Å². The van der Waals surface area contributed by atoms with Crippen LogP contribution in [0.5, 0.6) is 0 Å². The summed E-state index contributed by atoms with van der Waals surface area (Å²) in [7, 11) is 0. The van der Waals surface area contributed by atoms with Crippen LogP contribution in [0.1, 0.15) is 68.8 Å². The van der Waals surface area contributed by atoms with Crippen molar-refractivity contribution >= 4 is 17.4 Å². The topological polar surface area (TPSA) is 78.4 Å². The lowest BCUT2D eigenvalue weighted by Gasteiger charge is -2.34. The fourth-order valence-corrected chi connectivity index (χ4v) is 4.68. The fraction of sp³-hybridized carbons (Fsp3) is 0.522. The fourth-order valence-electron chi connectivity index (χ4n) is 4.68. The first-order valence-electron chi connectivity index (χ1n) is 10.8. The number of aryl methyl sites for hydroxylation is 1. The molecule has 1 amide bonds. The molecule has 3 heterocycles. The van der Waals surface area contributed by atoms with E-state index < -0.39 is 5.60 Å². The summed E-state index contributed by atoms with van der Waals surface area (Å²) in [5.74, 6) is 0.179. The molecule has 2 aliphatic rings. The molecule has 7 heteroatoms. The van der Waals surface area contributed by atoms with E-state index >= 15 is 0 Å². The van der Waals surface area contributed by atoms with Crippen molar-refractivity contribution in [2.75, 3.05) is 11.9 Å². The molecule has 1 saturated carbocycles. The molecule has 1 saturated heterocycles. The van der Waals surface area contributed by atoms with Gasteiger partial charge in [-0.25, -0.2) is 9.37 Å². The molecule has 1 aliphatic carbocycles. The highest BCUT2D eigenvalue weighted by Crippen LogP contribution is 2.36. The van der Waals surface area contributed by atoms with Crippen molar-refractivity contribution in [2.24, 2.45) is 0 Å². The van der Waals surface area contributed by atoms with Crippen LogP contribution < -0.4 is 5.32 Å². The molecule has 2 aromatic heterocycles. The summed E-state index contributed by atoms with van der Waals surface area (Å²) in [6.07, 6.45) is 7.66. The van der Waals surface area contributed by atoms with Crippen LogP contribution in [0.3, 0.4) is 0 Å². The third-order valence-electron chi connectivity index (χ3n) is 6.15. The summed E-state index contributed by atoms with van der Waals surface area (Å²) < 4.78 is 13.1. The van der Waals surface area contributed by atoms with Gasteiger partial charge in [0.15, 0.2) is 0 Å². The Morgan fingerprint density at radius 1 is 1.27 bits per heavy atom. The number of carbonyl (C=O) groups is 1. The average molecular weight is 413 g/mol. The minimum atomic E-state index is -0.858. The smallest absolute Gasteiger partial charge is 0.226 e. The molecule has 2 aromatic rings. The van der Waals surface area contributed by atoms with Gasteiger partial charge >= 0.3 is 0 Å². The highest BCUT2D eigenvalue weighted by Gasteiger charge is 2.37. The van der Waals surface area contributed by atoms with Gasteiger partial charge in [-0.05, 0) is 56.9 Å². The SMILES string of the molecule is Cc1cc(Nc2ccc(F)cn2)cc(C2CCCN2C(=O)CC2(O)CCCCC2)n1. The Kier molecular flexibility index (Phi) is 5.99. The highest BCUT2D eigenvalue weighted by atomic mass is 19.1. The highest BCUT2D eigenvalue weighted by molar-refractivity contribution is 5.78. The Morgan fingerprint density at radius 2 is 2.07 bits per heavy atom. The zero-order valence-electron chi connectivity index (χ0n) is 17.4. The van der Waals surface area contributed by atoms with E-state index in [0.717, 1.165) is 49.2 Å². The minimum Gasteiger partial charge on any atom is -0.389 e. The number of aliphatic hydroxyl groups is 1. The van der Waals surface area contributed by atoms with Crippen molar-refractivity contribution in [3.8, 4) is 0 Å². The molecular formula is C23H29FN4O2. The number of nitrogens with one attached hydrogen (secondary N) is 1. The largest absolute Gasteiger partial charge is 0.389 e. The van der Waals surface area contributed by atoms with Gasteiger partial charge in [-0.3, -0.25) is 9.78 Å². The molecule has 1 aliphatic heterocycles. The van der Waals surface area contributed by atoms with Gasteiger partial charge in [0.2, 0.25) is 5.91 Å². The molecule has 0 radical (unpaired) electrons. The maximum atomic E-state index is 13.1. The van der Waals surface area contributed by atoms with Crippen LogP contribution in [0.4, 0.5) is 15.9 Å². The number of halogens is 1. The van der Waals surface area contributed by atoms with E-state index in [1.165, 1.54) is 12.3 Å². The lowest BCUT2D eigenvalue weighted by Crippen LogP contribution is -2.40. The van der Waals surface area contributed by atoms with Gasteiger partial charge in [0.05, 0.1) is 30.0 Å². The van der Waals surface area contributed by atoms with Crippen molar-refractivity contribution < 1.29 is 14.3 Å². The van der Waals surface area contributed by atoms with E-state index in [9.17, 15) is 14.3 Å². The van der Waals surface area contributed by atoms with Crippen LogP contribution >= 0.6 is 0 Å². The Labute approximate surface area is 176 Å². The molecule has 1 atom stereocenters. The molecule has 2 N–H and O–H groups in total. The van der Waals surface area contributed by atoms with E-state index in [4.69, 9.17) is 4.98 Å². The van der Waals surface area contributed by atoms with Gasteiger partial charge in [0.1, 0.15) is 11.6 Å². The van der Waals surface area contributed by atoms with E-state index in [1.54, 1.807) is 6.07 Å². The van der Waals surface area contributed by atoms with E-state index in [1.807, 2.05) is 24.0 Å². The molecule has 0 spiro atoms. The molecule has 0 aromatic carbocycles. The number of anilines is 2. The number of hydrogen-bond donors (Lipinski definition) is 2. The summed E-state index contributed by atoms with van der Waals surface area (Å²) in [6.45, 7) is 2.61. The van der Waals surface area contributed by atoms with Crippen LogP contribution in [-0.2, 0) is 4.79 Å². The van der Waals surface area contributed by atoms with Crippen molar-refractivity contribution in [3.63, 3.8) is 0 Å². The molecule has 6 nitrogen and oxygen atoms in total. The summed E-state index contributed by atoms with van der Waals surface area (Å²) in [4.78, 5) is 23.7. The zero-order valence-corrected chi connectivity index (χ0v) is 17.4. The van der Waals surface area contributed by atoms with Gasteiger partial charge < -0.3 is 15.3 Å². The first kappa shape index (κ1) is 20.7. The number of hydrogen-bond acceptors (Lipinski definition) is 5. The first-order chi connectivity index (χ1) is 14.4. The Hall–Kier alpha value is -2.54. The number of pyridine rings is 2. The van der Waals surface area contributed by atoms with Gasteiger partial charge in [-0.15, -0.1) is 0 Å². The van der Waals surface area contributed by atoms with Crippen LogP contribution in [0.2, 0.25) is 0 Å². The lowest BCUT2D eigenvalue weighted by atomic mass is 9.82. The lowest BCUT2D eigenvalue weighted by molar-refractivity contribution is -0.138. The minimum absolute atomic E-state index is 0.0138. The summed E-state index contributed by atoms with van der Waals surface area (Å²) >= 11 is 0. The standard InChI is InChI=1S/C23H29FN4O2/c1-16-12-18(27-21-8-7-17(24)15-25-21)13-19(26-16)20-6-5-11-28(20)22(29)14-23(30)9-3-2-4-10-23/h7-8,12-13,15,20,30H,2-6,9-11,14H2,1H3,(H,25,26,27). The molecule has 1 unspecified atom stereocenters. The Bertz CT molecular complexity index is 897. The maximum Gasteiger partial charge on any atom is 0.226 e. The Balaban J connectivity index is 1.51. The van der Waals surface area contributed by atoms with Gasteiger partial charge in [-0.1, -0.05) is 19.3 Å². The van der Waals surface area contributed by atoms with Crippen molar-refractivity contribution in [1.82, 2.24) is 14.9 Å². The molecule has 30 heavy (non-hydrogen) atoms. The van der Waals surface area contributed by atoms with E-state index in [0.29, 0.717) is 25.2 Å². The second-order valence-corrected chi connectivity index (χ2v) is 8.62. The zero-order chi connectivity index (χ0) is 21.1. The third-order valence-corrected chi connectivity index (χ3v) is 6.15. The monoisotopic (exact) mass is 412 g/mol. The van der Waals surface area contributed by atoms with Crippen molar-refractivity contribution in [3.05, 3.63) is 47.7 Å². The quantitative estimate of drug-likeness (QED) is 0.760. The molecule has 160 valence electrons. The summed E-state index contributed by atoms with van der Waals surface area (Å²) in [5.41, 5.74) is 1.62. The number of nitrogens with zero attached hydrogens (tertiary/aromatic N) is 3. The molecule has 4 rings (SSSR count). The van der Waals surface area contributed by atoms with Gasteiger partial charge in [-0.2, -0.15) is 0 Å². The summed E-state index contributed by atoms with van der Waals surface area (Å²) in [6, 6.07) is 6.69. The van der Waals surface area contributed by atoms with Gasteiger partial charge in [0.25, 0.3) is 0 Å². The number of aromatic nitrogens is 2. The second kappa shape index (κ2) is 8.68. The molecule has 0 bridgehead atoms. The first-order valence-corrected chi connectivity index (χ1v) is 10.8. The van der Waals surface area contributed by atoms with Crippen LogP contribution in [0, 0.1) is 12.7 Å². The number of rotatable bonds is 5. The summed E-state index contributed by atoms with van der Waals surface area (Å²) in [5, 5.41) is 14.0. The molecule has 2 fully saturated rings. The average Bonchev–Trinajstić information content (AvgIpc) is 3.20. The predicted octanol–water partition coefficient (Wildman–Crippen LogP) is 4.42. The van der Waals surface area contributed by atoms with Gasteiger partial charge in [0, 0.05) is 17.9 Å². The number of likely N-dealkylation sites (tertiary alicyclic amines) is 1. The van der Waals surface area contributed by atoms with E-state index in [2.05, 4.69) is 10.3 Å². The second-order valence-electron chi connectivity index (χ2n) is 8.62. The van der Waals surface area contributed by atoms with Crippen LogP contribution in [0.15, 0.2) is 30.5 Å². The van der Waals surface area contributed by atoms with Crippen LogP contribution in [-0.4, -0.2) is 38.0 Å². The van der Waals surface area contributed by atoms with E-state index in [-0.39, 0.29) is 24.2 Å². The maximum absolute atomic E-state index is 13.1. The molecular weight excluding hydrogens is 383 g/mol. The Morgan fingerprint density at radius 3 is 2.80 bits per heavy atom. The number of amides is 1. The van der Waals surface area contributed by atoms with Crippen LogP contribution in [0.25, 0.3) is 0 Å².